The standard InChI is InChI=1S/C12H13NO2/c1-8-6-10(12(14)15-8)7-9-2-4-11(13)5-3-9/h2-5,7-8H,6,13H2,1H3/b10-7+/t8-/m0/s1. The minimum Gasteiger partial charge on any atom is -0.459 e. The number of rotatable bonds is 1. The summed E-state index contributed by atoms with van der Waals surface area (Å²) >= 11 is 0. The lowest BCUT2D eigenvalue weighted by Crippen LogP contribution is -1.99. The number of carbonyl (C=O) groups excluding carboxylic acids is 1. The fraction of sp³-hybridized carbons (Fsp3) is 0.250. The smallest absolute Gasteiger partial charge is 0.334 e. The molecule has 2 N–H and O–H groups in total. The molecule has 1 aromatic carbocycles. The van der Waals surface area contributed by atoms with Crippen LogP contribution in [-0.2, 0) is 9.53 Å². The van der Waals surface area contributed by atoms with Crippen LogP contribution >= 0.6 is 0 Å². The topological polar surface area (TPSA) is 52.3 Å². The normalized spacial score (nSPS) is 23.1. The molecule has 2 rings (SSSR count). The third kappa shape index (κ3) is 2.18. The maximum absolute atomic E-state index is 11.3. The number of hydrogen-bond acceptors (Lipinski definition) is 3. The van der Waals surface area contributed by atoms with Crippen molar-refractivity contribution < 1.29 is 9.53 Å². The fourth-order valence-corrected chi connectivity index (χ4v) is 1.60. The SMILES string of the molecule is C[C@H]1C/C(=C\c2ccc(N)cc2)C(=O)O1. The van der Waals surface area contributed by atoms with Crippen molar-refractivity contribution in [2.24, 2.45) is 0 Å². The second-order valence-electron chi connectivity index (χ2n) is 3.76. The molecule has 3 heteroatoms. The Morgan fingerprint density at radius 1 is 1.40 bits per heavy atom. The van der Waals surface area contributed by atoms with E-state index in [1.807, 2.05) is 37.3 Å². The molecule has 0 aliphatic carbocycles. The first-order valence-electron chi connectivity index (χ1n) is 4.92. The van der Waals surface area contributed by atoms with Gasteiger partial charge in [-0.15, -0.1) is 0 Å². The Hall–Kier alpha value is -1.77. The van der Waals surface area contributed by atoms with Gasteiger partial charge >= 0.3 is 5.97 Å². The fourth-order valence-electron chi connectivity index (χ4n) is 1.60. The molecule has 1 aromatic rings. The predicted molar refractivity (Wildman–Crippen MR) is 59.0 cm³/mol. The molecule has 1 atom stereocenters. The van der Waals surface area contributed by atoms with Gasteiger partial charge in [-0.25, -0.2) is 4.79 Å². The summed E-state index contributed by atoms with van der Waals surface area (Å²) in [5, 5.41) is 0. The van der Waals surface area contributed by atoms with Crippen molar-refractivity contribution in [3.63, 3.8) is 0 Å². The summed E-state index contributed by atoms with van der Waals surface area (Å²) in [5.74, 6) is -0.209. The van der Waals surface area contributed by atoms with E-state index in [4.69, 9.17) is 10.5 Å². The number of nitrogens with two attached hydrogens (primary N) is 1. The minimum atomic E-state index is -0.209. The van der Waals surface area contributed by atoms with E-state index in [9.17, 15) is 4.79 Å². The molecule has 0 unspecified atom stereocenters. The molecular formula is C12H13NO2. The minimum absolute atomic E-state index is 0.00229. The molecule has 15 heavy (non-hydrogen) atoms. The first-order chi connectivity index (χ1) is 7.15. The van der Waals surface area contributed by atoms with E-state index in [0.29, 0.717) is 6.42 Å². The van der Waals surface area contributed by atoms with Crippen molar-refractivity contribution in [2.75, 3.05) is 5.73 Å². The van der Waals surface area contributed by atoms with E-state index >= 15 is 0 Å². The number of nitrogen functional groups attached to an aromatic ring is 1. The zero-order valence-corrected chi connectivity index (χ0v) is 8.57. The highest BCUT2D eigenvalue weighted by molar-refractivity contribution is 5.95. The van der Waals surface area contributed by atoms with Gasteiger partial charge in [0.15, 0.2) is 0 Å². The molecule has 0 radical (unpaired) electrons. The zero-order chi connectivity index (χ0) is 10.8. The van der Waals surface area contributed by atoms with Crippen LogP contribution in [0.25, 0.3) is 6.08 Å². The quantitative estimate of drug-likeness (QED) is 0.431. The van der Waals surface area contributed by atoms with E-state index in [1.165, 1.54) is 0 Å². The van der Waals surface area contributed by atoms with Crippen molar-refractivity contribution in [1.29, 1.82) is 0 Å². The molecule has 1 aliphatic heterocycles. The van der Waals surface area contributed by atoms with Crippen LogP contribution in [0.5, 0.6) is 0 Å². The third-order valence-electron chi connectivity index (χ3n) is 2.36. The maximum Gasteiger partial charge on any atom is 0.334 e. The predicted octanol–water partition coefficient (Wildman–Crippen LogP) is 1.99. The molecule has 0 spiro atoms. The summed E-state index contributed by atoms with van der Waals surface area (Å²) in [4.78, 5) is 11.3. The summed E-state index contributed by atoms with van der Waals surface area (Å²) in [5.41, 5.74) is 8.00. The summed E-state index contributed by atoms with van der Waals surface area (Å²) in [6, 6.07) is 7.41. The van der Waals surface area contributed by atoms with Crippen molar-refractivity contribution in [3.05, 3.63) is 35.4 Å². The molecule has 0 saturated carbocycles. The summed E-state index contributed by atoms with van der Waals surface area (Å²) in [7, 11) is 0. The first-order valence-corrected chi connectivity index (χ1v) is 4.92. The van der Waals surface area contributed by atoms with Gasteiger partial charge in [-0.3, -0.25) is 0 Å². The molecule has 0 bridgehead atoms. The third-order valence-corrected chi connectivity index (χ3v) is 2.36. The highest BCUT2D eigenvalue weighted by Crippen LogP contribution is 2.22. The first kappa shape index (κ1) is 9.77. The Bertz CT molecular complexity index is 406. The number of ether oxygens (including phenoxy) is 1. The maximum atomic E-state index is 11.3. The van der Waals surface area contributed by atoms with Crippen LogP contribution in [0.3, 0.4) is 0 Å². The highest BCUT2D eigenvalue weighted by atomic mass is 16.5. The number of cyclic esters (lactones) is 1. The monoisotopic (exact) mass is 203 g/mol. The molecule has 3 nitrogen and oxygen atoms in total. The number of benzene rings is 1. The van der Waals surface area contributed by atoms with Crippen LogP contribution in [0, 0.1) is 0 Å². The second-order valence-corrected chi connectivity index (χ2v) is 3.76. The zero-order valence-electron chi connectivity index (χ0n) is 8.57. The number of anilines is 1. The second kappa shape index (κ2) is 3.77. The molecule has 78 valence electrons. The summed E-state index contributed by atoms with van der Waals surface area (Å²) in [6.07, 6.45) is 2.53. The van der Waals surface area contributed by atoms with Gasteiger partial charge in [0.2, 0.25) is 0 Å². The Kier molecular flexibility index (Phi) is 2.46. The van der Waals surface area contributed by atoms with Crippen molar-refractivity contribution in [3.8, 4) is 0 Å². The van der Waals surface area contributed by atoms with Crippen LogP contribution in [0.2, 0.25) is 0 Å². The lowest BCUT2D eigenvalue weighted by atomic mass is 10.1. The van der Waals surface area contributed by atoms with Crippen molar-refractivity contribution in [2.45, 2.75) is 19.4 Å². The van der Waals surface area contributed by atoms with Crippen LogP contribution in [0.15, 0.2) is 29.8 Å². The molecule has 1 fully saturated rings. The van der Waals surface area contributed by atoms with E-state index in [-0.39, 0.29) is 12.1 Å². The lowest BCUT2D eigenvalue weighted by Gasteiger charge is -1.96. The number of esters is 1. The Morgan fingerprint density at radius 3 is 2.60 bits per heavy atom. The molecule has 0 aromatic heterocycles. The van der Waals surface area contributed by atoms with Gasteiger partial charge < -0.3 is 10.5 Å². The molecule has 0 amide bonds. The van der Waals surface area contributed by atoms with Crippen molar-refractivity contribution in [1.82, 2.24) is 0 Å². The van der Waals surface area contributed by atoms with Crippen LogP contribution in [-0.4, -0.2) is 12.1 Å². The van der Waals surface area contributed by atoms with Gasteiger partial charge in [0.25, 0.3) is 0 Å². The van der Waals surface area contributed by atoms with Crippen LogP contribution < -0.4 is 5.73 Å². The van der Waals surface area contributed by atoms with Gasteiger partial charge in [-0.1, -0.05) is 12.1 Å². The van der Waals surface area contributed by atoms with Gasteiger partial charge in [0.1, 0.15) is 6.10 Å². The average Bonchev–Trinajstić information content (AvgIpc) is 2.49. The van der Waals surface area contributed by atoms with E-state index in [2.05, 4.69) is 0 Å². The molecular weight excluding hydrogens is 190 g/mol. The van der Waals surface area contributed by atoms with Gasteiger partial charge in [0, 0.05) is 17.7 Å². The Balaban J connectivity index is 2.23. The molecule has 1 aliphatic rings. The van der Waals surface area contributed by atoms with Gasteiger partial charge in [-0.2, -0.15) is 0 Å². The van der Waals surface area contributed by atoms with Crippen molar-refractivity contribution >= 4 is 17.7 Å². The summed E-state index contributed by atoms with van der Waals surface area (Å²) in [6.45, 7) is 1.89. The van der Waals surface area contributed by atoms with E-state index in [0.717, 1.165) is 16.8 Å². The summed E-state index contributed by atoms with van der Waals surface area (Å²) < 4.78 is 5.04. The van der Waals surface area contributed by atoms with Gasteiger partial charge in [0.05, 0.1) is 0 Å². The van der Waals surface area contributed by atoms with E-state index in [1.54, 1.807) is 0 Å². The lowest BCUT2D eigenvalue weighted by molar-refractivity contribution is -0.138. The molecule has 1 saturated heterocycles. The highest BCUT2D eigenvalue weighted by Gasteiger charge is 2.24. The molecule has 1 heterocycles. The average molecular weight is 203 g/mol. The van der Waals surface area contributed by atoms with Gasteiger partial charge in [-0.05, 0) is 30.7 Å². The van der Waals surface area contributed by atoms with Crippen LogP contribution in [0.1, 0.15) is 18.9 Å². The number of hydrogen-bond donors (Lipinski definition) is 1. The Labute approximate surface area is 88.5 Å². The van der Waals surface area contributed by atoms with E-state index < -0.39 is 0 Å². The largest absolute Gasteiger partial charge is 0.459 e. The Morgan fingerprint density at radius 2 is 2.07 bits per heavy atom. The number of carbonyl (C=O) groups is 1. The van der Waals surface area contributed by atoms with Crippen LogP contribution in [0.4, 0.5) is 5.69 Å².